The molecule has 1 aliphatic heterocycles. The predicted octanol–water partition coefficient (Wildman–Crippen LogP) is 1.26. The molecule has 0 saturated carbocycles. The summed E-state index contributed by atoms with van der Waals surface area (Å²) < 4.78 is 0. The Labute approximate surface area is 101 Å². The summed E-state index contributed by atoms with van der Waals surface area (Å²) in [7, 11) is 4.32. The molecule has 0 aliphatic carbocycles. The van der Waals surface area contributed by atoms with Crippen LogP contribution < -0.4 is 5.32 Å². The summed E-state index contributed by atoms with van der Waals surface area (Å²) in [6.07, 6.45) is 4.00. The Morgan fingerprint density at radius 3 is 2.31 bits per heavy atom. The molecule has 1 aliphatic rings. The minimum absolute atomic E-state index is 0.926. The van der Waals surface area contributed by atoms with Gasteiger partial charge in [-0.3, -0.25) is 0 Å². The highest BCUT2D eigenvalue weighted by Gasteiger charge is 2.16. The van der Waals surface area contributed by atoms with E-state index in [1.54, 1.807) is 0 Å². The lowest BCUT2D eigenvalue weighted by Gasteiger charge is -2.30. The summed E-state index contributed by atoms with van der Waals surface area (Å²) in [6.45, 7) is 9.71. The molecule has 16 heavy (non-hydrogen) atoms. The molecule has 0 aromatic heterocycles. The van der Waals surface area contributed by atoms with E-state index in [0.717, 1.165) is 5.92 Å². The minimum Gasteiger partial charge on any atom is -0.317 e. The summed E-state index contributed by atoms with van der Waals surface area (Å²) in [4.78, 5) is 4.93. The van der Waals surface area contributed by atoms with Crippen LogP contribution in [0.1, 0.15) is 26.2 Å². The molecule has 0 bridgehead atoms. The van der Waals surface area contributed by atoms with E-state index in [4.69, 9.17) is 0 Å². The maximum absolute atomic E-state index is 3.44. The van der Waals surface area contributed by atoms with Gasteiger partial charge in [0.25, 0.3) is 0 Å². The number of hydrogen-bond donors (Lipinski definition) is 1. The first kappa shape index (κ1) is 13.9. The lowest BCUT2D eigenvalue weighted by atomic mass is 9.97. The normalized spacial score (nSPS) is 18.6. The minimum atomic E-state index is 0.926. The monoisotopic (exact) mass is 227 g/mol. The van der Waals surface area contributed by atoms with Crippen LogP contribution in [0.25, 0.3) is 0 Å². The van der Waals surface area contributed by atoms with E-state index in [1.807, 2.05) is 0 Å². The third-order valence-electron chi connectivity index (χ3n) is 3.38. The molecule has 1 N–H and O–H groups in total. The Kier molecular flexibility index (Phi) is 7.01. The van der Waals surface area contributed by atoms with Gasteiger partial charge in [-0.15, -0.1) is 0 Å². The van der Waals surface area contributed by atoms with E-state index < -0.39 is 0 Å². The summed E-state index contributed by atoms with van der Waals surface area (Å²) >= 11 is 0. The molecular formula is C13H29N3. The number of nitrogens with one attached hydrogen (secondary N) is 1. The smallest absolute Gasteiger partial charge is 0.0109 e. The van der Waals surface area contributed by atoms with Crippen molar-refractivity contribution in [1.29, 1.82) is 0 Å². The van der Waals surface area contributed by atoms with Crippen molar-refractivity contribution in [3.8, 4) is 0 Å². The molecule has 0 amide bonds. The van der Waals surface area contributed by atoms with E-state index in [0.29, 0.717) is 0 Å². The summed E-state index contributed by atoms with van der Waals surface area (Å²) in [5, 5.41) is 3.44. The second kappa shape index (κ2) is 8.04. The molecule has 3 heteroatoms. The first-order valence-electron chi connectivity index (χ1n) is 6.80. The number of hydrogen-bond acceptors (Lipinski definition) is 3. The van der Waals surface area contributed by atoms with Crippen molar-refractivity contribution in [3.63, 3.8) is 0 Å². The first-order chi connectivity index (χ1) is 7.72. The fourth-order valence-electron chi connectivity index (χ4n) is 2.38. The Balaban J connectivity index is 2.25. The van der Waals surface area contributed by atoms with Crippen molar-refractivity contribution < 1.29 is 0 Å². The molecule has 1 rings (SSSR count). The van der Waals surface area contributed by atoms with E-state index in [2.05, 4.69) is 36.1 Å². The molecule has 96 valence electrons. The van der Waals surface area contributed by atoms with Crippen LogP contribution in [0.2, 0.25) is 0 Å². The van der Waals surface area contributed by atoms with Gasteiger partial charge in [0.2, 0.25) is 0 Å². The zero-order chi connectivity index (χ0) is 11.8. The molecule has 3 nitrogen and oxygen atoms in total. The molecule has 0 radical (unpaired) electrons. The average molecular weight is 227 g/mol. The Morgan fingerprint density at radius 2 is 1.75 bits per heavy atom. The highest BCUT2D eigenvalue weighted by molar-refractivity contribution is 4.72. The van der Waals surface area contributed by atoms with Crippen molar-refractivity contribution >= 4 is 0 Å². The lowest BCUT2D eigenvalue weighted by molar-refractivity contribution is 0.190. The van der Waals surface area contributed by atoms with Crippen LogP contribution in [-0.4, -0.2) is 63.2 Å². The van der Waals surface area contributed by atoms with Crippen molar-refractivity contribution in [3.05, 3.63) is 0 Å². The van der Waals surface area contributed by atoms with Gasteiger partial charge in [0.1, 0.15) is 0 Å². The quantitative estimate of drug-likeness (QED) is 0.706. The number of likely N-dealkylation sites (N-methyl/N-ethyl adjacent to an activating group) is 1. The Bertz CT molecular complexity index is 165. The molecule has 0 spiro atoms. The van der Waals surface area contributed by atoms with Crippen molar-refractivity contribution in [1.82, 2.24) is 15.1 Å². The molecule has 0 atom stereocenters. The highest BCUT2D eigenvalue weighted by Crippen LogP contribution is 2.13. The standard InChI is InChI=1S/C13H29N3/c1-4-9-16(11-10-15(2)3)12-13-5-7-14-8-6-13/h13-14H,4-12H2,1-3H3. The summed E-state index contributed by atoms with van der Waals surface area (Å²) in [6, 6.07) is 0. The second-order valence-electron chi connectivity index (χ2n) is 5.30. The van der Waals surface area contributed by atoms with Gasteiger partial charge in [-0.1, -0.05) is 6.92 Å². The van der Waals surface area contributed by atoms with Crippen molar-refractivity contribution in [2.45, 2.75) is 26.2 Å². The molecular weight excluding hydrogens is 198 g/mol. The predicted molar refractivity (Wildman–Crippen MR) is 70.9 cm³/mol. The summed E-state index contributed by atoms with van der Waals surface area (Å²) in [5.41, 5.74) is 0. The molecule has 0 aromatic carbocycles. The van der Waals surface area contributed by atoms with Crippen LogP contribution >= 0.6 is 0 Å². The average Bonchev–Trinajstić information content (AvgIpc) is 2.27. The van der Waals surface area contributed by atoms with Gasteiger partial charge < -0.3 is 15.1 Å². The van der Waals surface area contributed by atoms with Gasteiger partial charge in [-0.25, -0.2) is 0 Å². The van der Waals surface area contributed by atoms with Crippen LogP contribution in [0.4, 0.5) is 0 Å². The molecule has 0 aromatic rings. The lowest BCUT2D eigenvalue weighted by Crippen LogP contribution is -2.39. The SMILES string of the molecule is CCCN(CCN(C)C)CC1CCNCC1. The number of piperidine rings is 1. The van der Waals surface area contributed by atoms with Crippen LogP contribution in [-0.2, 0) is 0 Å². The van der Waals surface area contributed by atoms with E-state index in [9.17, 15) is 0 Å². The molecule has 0 unspecified atom stereocenters. The van der Waals surface area contributed by atoms with E-state index in [-0.39, 0.29) is 0 Å². The van der Waals surface area contributed by atoms with Crippen LogP contribution in [0.5, 0.6) is 0 Å². The van der Waals surface area contributed by atoms with E-state index in [1.165, 1.54) is 58.5 Å². The van der Waals surface area contributed by atoms with E-state index >= 15 is 0 Å². The van der Waals surface area contributed by atoms with Gasteiger partial charge in [0.05, 0.1) is 0 Å². The molecule has 1 fully saturated rings. The topological polar surface area (TPSA) is 18.5 Å². The maximum atomic E-state index is 3.44. The second-order valence-corrected chi connectivity index (χ2v) is 5.30. The molecule has 1 saturated heterocycles. The number of nitrogens with zero attached hydrogens (tertiary/aromatic N) is 2. The van der Waals surface area contributed by atoms with Crippen LogP contribution in [0.15, 0.2) is 0 Å². The first-order valence-corrected chi connectivity index (χ1v) is 6.80. The zero-order valence-corrected chi connectivity index (χ0v) is 11.3. The fraction of sp³-hybridized carbons (Fsp3) is 1.00. The maximum Gasteiger partial charge on any atom is 0.0109 e. The van der Waals surface area contributed by atoms with Gasteiger partial charge >= 0.3 is 0 Å². The van der Waals surface area contributed by atoms with Crippen LogP contribution in [0, 0.1) is 5.92 Å². The third kappa shape index (κ3) is 5.83. The fourth-order valence-corrected chi connectivity index (χ4v) is 2.38. The number of rotatable bonds is 7. The highest BCUT2D eigenvalue weighted by atomic mass is 15.2. The van der Waals surface area contributed by atoms with Crippen molar-refractivity contribution in [2.75, 3.05) is 53.4 Å². The Morgan fingerprint density at radius 1 is 1.06 bits per heavy atom. The Hall–Kier alpha value is -0.120. The van der Waals surface area contributed by atoms with Crippen molar-refractivity contribution in [2.24, 2.45) is 5.92 Å². The van der Waals surface area contributed by atoms with Crippen LogP contribution in [0.3, 0.4) is 0 Å². The third-order valence-corrected chi connectivity index (χ3v) is 3.38. The largest absolute Gasteiger partial charge is 0.317 e. The summed E-state index contributed by atoms with van der Waals surface area (Å²) in [5.74, 6) is 0.926. The zero-order valence-electron chi connectivity index (χ0n) is 11.3. The van der Waals surface area contributed by atoms with Gasteiger partial charge in [0.15, 0.2) is 0 Å². The molecule has 1 heterocycles. The van der Waals surface area contributed by atoms with Gasteiger partial charge in [-0.05, 0) is 58.9 Å². The van der Waals surface area contributed by atoms with Gasteiger partial charge in [0, 0.05) is 19.6 Å². The van der Waals surface area contributed by atoms with Gasteiger partial charge in [-0.2, -0.15) is 0 Å².